The first-order valence-corrected chi connectivity index (χ1v) is 7.31. The summed E-state index contributed by atoms with van der Waals surface area (Å²) in [5, 5.41) is 8.94. The molecular weight excluding hydrogens is 248 g/mol. The zero-order valence-electron chi connectivity index (χ0n) is 12.9. The molecule has 20 heavy (non-hydrogen) atoms. The van der Waals surface area contributed by atoms with Gasteiger partial charge in [0, 0.05) is 6.04 Å². The highest BCUT2D eigenvalue weighted by molar-refractivity contribution is 5.28. The minimum atomic E-state index is -0.225. The molecule has 2 N–H and O–H groups in total. The summed E-state index contributed by atoms with van der Waals surface area (Å²) in [6.45, 7) is 6.66. The van der Waals surface area contributed by atoms with E-state index in [2.05, 4.69) is 18.2 Å². The van der Waals surface area contributed by atoms with Gasteiger partial charge in [0.15, 0.2) is 0 Å². The van der Waals surface area contributed by atoms with E-state index in [0.29, 0.717) is 6.61 Å². The summed E-state index contributed by atoms with van der Waals surface area (Å²) in [5.74, 6) is 0.905. The molecule has 0 aliphatic carbocycles. The molecule has 3 heteroatoms. The van der Waals surface area contributed by atoms with Crippen LogP contribution >= 0.6 is 0 Å². The lowest BCUT2D eigenvalue weighted by Crippen LogP contribution is -2.17. The van der Waals surface area contributed by atoms with Gasteiger partial charge in [0.25, 0.3) is 0 Å². The Balaban J connectivity index is 2.30. The molecule has 0 bridgehead atoms. The van der Waals surface area contributed by atoms with E-state index in [1.165, 1.54) is 5.56 Å². The van der Waals surface area contributed by atoms with E-state index in [4.69, 9.17) is 15.7 Å². The number of nitriles is 1. The molecule has 0 aliphatic heterocycles. The van der Waals surface area contributed by atoms with Crippen molar-refractivity contribution in [3.8, 4) is 11.8 Å². The number of ether oxygens (including phenoxy) is 1. The molecule has 0 amide bonds. The lowest BCUT2D eigenvalue weighted by molar-refractivity contribution is 0.294. The quantitative estimate of drug-likeness (QED) is 0.736. The van der Waals surface area contributed by atoms with E-state index in [-0.39, 0.29) is 11.5 Å². The van der Waals surface area contributed by atoms with Crippen LogP contribution in [0.2, 0.25) is 0 Å². The molecule has 110 valence electrons. The molecule has 0 heterocycles. The molecule has 1 aromatic rings. The first kappa shape index (κ1) is 16.5. The number of hydrogen-bond acceptors (Lipinski definition) is 3. The number of unbranched alkanes of at least 4 members (excludes halogenated alkanes) is 1. The Hall–Kier alpha value is -1.53. The van der Waals surface area contributed by atoms with Crippen LogP contribution in [0.5, 0.6) is 5.75 Å². The summed E-state index contributed by atoms with van der Waals surface area (Å²) in [6, 6.07) is 10.6. The number of nitrogens with zero attached hydrogens (tertiary/aromatic N) is 1. The van der Waals surface area contributed by atoms with Crippen LogP contribution in [0.3, 0.4) is 0 Å². The van der Waals surface area contributed by atoms with Crippen LogP contribution in [-0.4, -0.2) is 12.6 Å². The van der Waals surface area contributed by atoms with Crippen LogP contribution in [0.1, 0.15) is 45.6 Å². The Morgan fingerprint density at radius 1 is 1.35 bits per heavy atom. The van der Waals surface area contributed by atoms with E-state index < -0.39 is 0 Å². The molecule has 1 rings (SSSR count). The lowest BCUT2D eigenvalue weighted by Gasteiger charge is -2.14. The van der Waals surface area contributed by atoms with Gasteiger partial charge in [0.1, 0.15) is 5.75 Å². The summed E-state index contributed by atoms with van der Waals surface area (Å²) in [5.41, 5.74) is 6.79. The van der Waals surface area contributed by atoms with Gasteiger partial charge in [-0.3, -0.25) is 0 Å². The SMILES string of the molecule is CC(N)Cc1cccc(OCCCCC(C)(C)C#N)c1. The van der Waals surface area contributed by atoms with E-state index in [1.54, 1.807) is 0 Å². The van der Waals surface area contributed by atoms with Gasteiger partial charge >= 0.3 is 0 Å². The Bertz CT molecular complexity index is 447. The summed E-state index contributed by atoms with van der Waals surface area (Å²) < 4.78 is 5.75. The molecule has 0 saturated heterocycles. The molecule has 3 nitrogen and oxygen atoms in total. The van der Waals surface area contributed by atoms with Crippen molar-refractivity contribution < 1.29 is 4.74 Å². The Morgan fingerprint density at radius 2 is 2.10 bits per heavy atom. The molecule has 1 atom stereocenters. The minimum Gasteiger partial charge on any atom is -0.494 e. The molecule has 0 spiro atoms. The summed E-state index contributed by atoms with van der Waals surface area (Å²) >= 11 is 0. The molecule has 1 unspecified atom stereocenters. The second-order valence-corrected chi connectivity index (χ2v) is 6.13. The first-order chi connectivity index (χ1) is 9.43. The van der Waals surface area contributed by atoms with Crippen molar-refractivity contribution in [2.24, 2.45) is 11.1 Å². The fourth-order valence-electron chi connectivity index (χ4n) is 2.05. The van der Waals surface area contributed by atoms with E-state index >= 15 is 0 Å². The Morgan fingerprint density at radius 3 is 2.75 bits per heavy atom. The van der Waals surface area contributed by atoms with Gasteiger partial charge < -0.3 is 10.5 Å². The number of benzene rings is 1. The fourth-order valence-corrected chi connectivity index (χ4v) is 2.05. The van der Waals surface area contributed by atoms with Crippen LogP contribution in [0.25, 0.3) is 0 Å². The normalized spacial score (nSPS) is 12.8. The fraction of sp³-hybridized carbons (Fsp3) is 0.588. The average Bonchev–Trinajstić information content (AvgIpc) is 2.38. The molecule has 1 aromatic carbocycles. The lowest BCUT2D eigenvalue weighted by atomic mass is 9.89. The second-order valence-electron chi connectivity index (χ2n) is 6.13. The zero-order valence-corrected chi connectivity index (χ0v) is 12.9. The van der Waals surface area contributed by atoms with E-state index in [1.807, 2.05) is 32.9 Å². The van der Waals surface area contributed by atoms with Gasteiger partial charge in [-0.2, -0.15) is 5.26 Å². The summed E-state index contributed by atoms with van der Waals surface area (Å²) in [7, 11) is 0. The van der Waals surface area contributed by atoms with Crippen molar-refractivity contribution >= 4 is 0 Å². The Kier molecular flexibility index (Phi) is 6.54. The minimum absolute atomic E-state index is 0.165. The third-order valence-corrected chi connectivity index (χ3v) is 3.22. The third kappa shape index (κ3) is 6.58. The molecular formula is C17H26N2O. The summed E-state index contributed by atoms with van der Waals surface area (Å²) in [6.07, 6.45) is 3.77. The van der Waals surface area contributed by atoms with Gasteiger partial charge in [-0.15, -0.1) is 0 Å². The predicted octanol–water partition coefficient (Wildman–Crippen LogP) is 3.68. The number of nitrogens with two attached hydrogens (primary N) is 1. The topological polar surface area (TPSA) is 59.0 Å². The third-order valence-electron chi connectivity index (χ3n) is 3.22. The number of hydrogen-bond donors (Lipinski definition) is 1. The van der Waals surface area contributed by atoms with Crippen LogP contribution in [0, 0.1) is 16.7 Å². The molecule has 0 fully saturated rings. The van der Waals surface area contributed by atoms with Crippen LogP contribution in [0.15, 0.2) is 24.3 Å². The van der Waals surface area contributed by atoms with E-state index in [9.17, 15) is 0 Å². The monoisotopic (exact) mass is 274 g/mol. The van der Waals surface area contributed by atoms with Crippen molar-refractivity contribution in [2.45, 2.75) is 52.5 Å². The Labute approximate surface area is 122 Å². The van der Waals surface area contributed by atoms with Gasteiger partial charge in [-0.1, -0.05) is 12.1 Å². The van der Waals surface area contributed by atoms with Gasteiger partial charge in [0.2, 0.25) is 0 Å². The van der Waals surface area contributed by atoms with Crippen molar-refractivity contribution in [3.05, 3.63) is 29.8 Å². The van der Waals surface area contributed by atoms with Gasteiger partial charge in [-0.05, 0) is 64.2 Å². The molecule has 0 aliphatic rings. The summed E-state index contributed by atoms with van der Waals surface area (Å²) in [4.78, 5) is 0. The zero-order chi connectivity index (χ0) is 15.0. The largest absolute Gasteiger partial charge is 0.494 e. The van der Waals surface area contributed by atoms with Crippen LogP contribution in [0.4, 0.5) is 0 Å². The standard InChI is InChI=1S/C17H26N2O/c1-14(19)11-15-7-6-8-16(12-15)20-10-5-4-9-17(2,3)13-18/h6-8,12,14H,4-5,9-11,19H2,1-3H3. The molecule has 0 saturated carbocycles. The number of rotatable bonds is 8. The van der Waals surface area contributed by atoms with Gasteiger partial charge in [-0.25, -0.2) is 0 Å². The highest BCUT2D eigenvalue weighted by Crippen LogP contribution is 2.22. The van der Waals surface area contributed by atoms with Crippen LogP contribution in [-0.2, 0) is 6.42 Å². The smallest absolute Gasteiger partial charge is 0.119 e. The average molecular weight is 274 g/mol. The highest BCUT2D eigenvalue weighted by Gasteiger charge is 2.15. The van der Waals surface area contributed by atoms with Crippen molar-refractivity contribution in [1.29, 1.82) is 5.26 Å². The maximum absolute atomic E-state index is 8.94. The second kappa shape index (κ2) is 7.91. The van der Waals surface area contributed by atoms with Crippen molar-refractivity contribution in [2.75, 3.05) is 6.61 Å². The maximum atomic E-state index is 8.94. The van der Waals surface area contributed by atoms with Crippen molar-refractivity contribution in [1.82, 2.24) is 0 Å². The van der Waals surface area contributed by atoms with E-state index in [0.717, 1.165) is 31.4 Å². The highest BCUT2D eigenvalue weighted by atomic mass is 16.5. The molecule has 0 aromatic heterocycles. The maximum Gasteiger partial charge on any atom is 0.119 e. The first-order valence-electron chi connectivity index (χ1n) is 7.31. The predicted molar refractivity (Wildman–Crippen MR) is 82.5 cm³/mol. The molecule has 0 radical (unpaired) electrons. The van der Waals surface area contributed by atoms with Gasteiger partial charge in [0.05, 0.1) is 18.1 Å². The van der Waals surface area contributed by atoms with Crippen molar-refractivity contribution in [3.63, 3.8) is 0 Å². The van der Waals surface area contributed by atoms with Crippen LogP contribution < -0.4 is 10.5 Å².